The zero-order valence-corrected chi connectivity index (χ0v) is 10.2. The van der Waals surface area contributed by atoms with E-state index in [0.29, 0.717) is 12.0 Å². The van der Waals surface area contributed by atoms with E-state index in [1.807, 2.05) is 23.9 Å². The van der Waals surface area contributed by atoms with Crippen molar-refractivity contribution in [2.45, 2.75) is 31.4 Å². The largest absolute Gasteiger partial charge is 0.393 e. The van der Waals surface area contributed by atoms with Crippen LogP contribution < -0.4 is 0 Å². The van der Waals surface area contributed by atoms with Crippen LogP contribution in [0.25, 0.3) is 11.3 Å². The number of thiophene rings is 1. The maximum atomic E-state index is 10.1. The van der Waals surface area contributed by atoms with E-state index >= 15 is 0 Å². The van der Waals surface area contributed by atoms with Gasteiger partial charge >= 0.3 is 0 Å². The smallest absolute Gasteiger partial charge is 0.0957 e. The Bertz CT molecular complexity index is 519. The van der Waals surface area contributed by atoms with Crippen molar-refractivity contribution in [2.24, 2.45) is 5.92 Å². The molecule has 0 amide bonds. The molecule has 1 fully saturated rings. The van der Waals surface area contributed by atoms with Crippen molar-refractivity contribution in [3.05, 3.63) is 28.8 Å². The number of fused-ring (bicyclic) bond motifs is 3. The molecule has 0 bridgehead atoms. The van der Waals surface area contributed by atoms with Gasteiger partial charge in [0.1, 0.15) is 0 Å². The lowest BCUT2D eigenvalue weighted by atomic mass is 9.95. The summed E-state index contributed by atoms with van der Waals surface area (Å²) in [7, 11) is 0. The second kappa shape index (κ2) is 3.43. The quantitative estimate of drug-likeness (QED) is 0.840. The van der Waals surface area contributed by atoms with E-state index in [1.54, 1.807) is 0 Å². The van der Waals surface area contributed by atoms with Gasteiger partial charge in [-0.1, -0.05) is 6.42 Å². The lowest BCUT2D eigenvalue weighted by molar-refractivity contribution is 0.113. The zero-order chi connectivity index (χ0) is 11.4. The second-order valence-electron chi connectivity index (χ2n) is 4.99. The van der Waals surface area contributed by atoms with Crippen molar-refractivity contribution in [3.63, 3.8) is 0 Å². The molecule has 0 saturated heterocycles. The van der Waals surface area contributed by atoms with Gasteiger partial charge in [0, 0.05) is 16.4 Å². The number of nitrogens with zero attached hydrogens (tertiary/aromatic N) is 2. The predicted molar refractivity (Wildman–Crippen MR) is 67.0 cm³/mol. The minimum Gasteiger partial charge on any atom is -0.393 e. The van der Waals surface area contributed by atoms with Gasteiger partial charge in [-0.25, -0.2) is 4.98 Å². The van der Waals surface area contributed by atoms with Crippen LogP contribution >= 0.6 is 11.3 Å². The monoisotopic (exact) mass is 246 g/mol. The molecule has 2 aliphatic rings. The third-order valence-corrected chi connectivity index (χ3v) is 5.13. The van der Waals surface area contributed by atoms with Gasteiger partial charge in [-0.3, -0.25) is 0 Å². The van der Waals surface area contributed by atoms with Crippen LogP contribution in [0.1, 0.15) is 30.2 Å². The highest BCUT2D eigenvalue weighted by Crippen LogP contribution is 2.49. The van der Waals surface area contributed by atoms with Gasteiger partial charge in [-0.2, -0.15) is 0 Å². The predicted octanol–water partition coefficient (Wildman–Crippen LogP) is 2.68. The summed E-state index contributed by atoms with van der Waals surface area (Å²) >= 11 is 1.81. The Kier molecular flexibility index (Phi) is 1.99. The molecule has 3 nitrogen and oxygen atoms in total. The molecule has 2 aromatic rings. The normalized spacial score (nSPS) is 30.5. The Morgan fingerprint density at radius 2 is 2.35 bits per heavy atom. The van der Waals surface area contributed by atoms with Gasteiger partial charge in [0.15, 0.2) is 0 Å². The van der Waals surface area contributed by atoms with E-state index in [-0.39, 0.29) is 6.10 Å². The van der Waals surface area contributed by atoms with Crippen LogP contribution in [-0.2, 0) is 0 Å². The third-order valence-electron chi connectivity index (χ3n) is 4.14. The fourth-order valence-electron chi connectivity index (χ4n) is 3.36. The Morgan fingerprint density at radius 1 is 1.41 bits per heavy atom. The zero-order valence-electron chi connectivity index (χ0n) is 9.41. The van der Waals surface area contributed by atoms with Gasteiger partial charge in [-0.05, 0) is 24.3 Å². The standard InChI is InChI=1S/C13H14N2OS/c16-11-3-1-2-9(11)12-13-8(4-5-17-13)10-6-14-7-15(10)12/h4-7,9,11-12,16H,1-3H2/t9-,11-,12-/m1/s1. The number of hydrogen-bond donors (Lipinski definition) is 1. The Labute approximate surface area is 104 Å². The summed E-state index contributed by atoms with van der Waals surface area (Å²) in [5.41, 5.74) is 2.53. The van der Waals surface area contributed by atoms with E-state index < -0.39 is 0 Å². The molecular formula is C13H14N2OS. The molecule has 4 heteroatoms. The minimum atomic E-state index is -0.150. The molecule has 1 aliphatic heterocycles. The average molecular weight is 246 g/mol. The molecule has 0 unspecified atom stereocenters. The lowest BCUT2D eigenvalue weighted by Gasteiger charge is -2.23. The summed E-state index contributed by atoms with van der Waals surface area (Å²) in [6, 6.07) is 2.49. The van der Waals surface area contributed by atoms with Gasteiger partial charge in [0.2, 0.25) is 0 Å². The van der Waals surface area contributed by atoms with E-state index in [1.165, 1.54) is 16.1 Å². The minimum absolute atomic E-state index is 0.150. The number of aliphatic hydroxyl groups is 1. The molecule has 4 rings (SSSR count). The highest BCUT2D eigenvalue weighted by atomic mass is 32.1. The van der Waals surface area contributed by atoms with Crippen LogP contribution in [0.2, 0.25) is 0 Å². The summed E-state index contributed by atoms with van der Waals surface area (Å²) in [5.74, 6) is 0.364. The molecule has 1 aliphatic carbocycles. The van der Waals surface area contributed by atoms with Gasteiger partial charge in [-0.15, -0.1) is 11.3 Å². The van der Waals surface area contributed by atoms with Crippen molar-refractivity contribution in [3.8, 4) is 11.3 Å². The summed E-state index contributed by atoms with van der Waals surface area (Å²) < 4.78 is 2.25. The summed E-state index contributed by atoms with van der Waals surface area (Å²) in [4.78, 5) is 5.67. The highest BCUT2D eigenvalue weighted by Gasteiger charge is 2.40. The fraction of sp³-hybridized carbons (Fsp3) is 0.462. The van der Waals surface area contributed by atoms with Crippen LogP contribution in [0.4, 0.5) is 0 Å². The van der Waals surface area contributed by atoms with E-state index in [2.05, 4.69) is 21.0 Å². The molecule has 3 atom stereocenters. The number of aromatic nitrogens is 2. The van der Waals surface area contributed by atoms with Crippen LogP contribution in [0.3, 0.4) is 0 Å². The Hall–Kier alpha value is -1.13. The van der Waals surface area contributed by atoms with Crippen molar-refractivity contribution in [2.75, 3.05) is 0 Å². The number of hydrogen-bond acceptors (Lipinski definition) is 3. The van der Waals surface area contributed by atoms with Crippen molar-refractivity contribution < 1.29 is 5.11 Å². The molecule has 0 spiro atoms. The van der Waals surface area contributed by atoms with E-state index in [9.17, 15) is 5.11 Å². The molecule has 0 radical (unpaired) electrons. The highest BCUT2D eigenvalue weighted by molar-refractivity contribution is 7.10. The molecule has 1 N–H and O–H groups in total. The number of imidazole rings is 1. The summed E-state index contributed by atoms with van der Waals surface area (Å²) in [5, 5.41) is 12.3. The number of aliphatic hydroxyl groups excluding tert-OH is 1. The first-order valence-electron chi connectivity index (χ1n) is 6.14. The lowest BCUT2D eigenvalue weighted by Crippen LogP contribution is -2.23. The van der Waals surface area contributed by atoms with Gasteiger partial charge < -0.3 is 9.67 Å². The molecule has 1 saturated carbocycles. The topological polar surface area (TPSA) is 38.1 Å². The van der Waals surface area contributed by atoms with Crippen LogP contribution in [0.5, 0.6) is 0 Å². The van der Waals surface area contributed by atoms with Crippen LogP contribution in [0, 0.1) is 5.92 Å². The first kappa shape index (κ1) is 9.85. The van der Waals surface area contributed by atoms with E-state index in [0.717, 1.165) is 19.3 Å². The SMILES string of the molecule is O[C@@H]1CCC[C@H]1[C@@H]1c2sccc2-c2cncn21. The molecule has 17 heavy (non-hydrogen) atoms. The van der Waals surface area contributed by atoms with Gasteiger partial charge in [0.05, 0.1) is 30.4 Å². The Morgan fingerprint density at radius 3 is 3.18 bits per heavy atom. The second-order valence-corrected chi connectivity index (χ2v) is 5.94. The Balaban J connectivity index is 1.87. The first-order valence-corrected chi connectivity index (χ1v) is 7.02. The maximum Gasteiger partial charge on any atom is 0.0957 e. The molecule has 3 heterocycles. The molecule has 88 valence electrons. The molecule has 2 aromatic heterocycles. The maximum absolute atomic E-state index is 10.1. The average Bonchev–Trinajstić information content (AvgIpc) is 3.00. The van der Waals surface area contributed by atoms with Crippen molar-refractivity contribution >= 4 is 11.3 Å². The number of rotatable bonds is 1. The van der Waals surface area contributed by atoms with Crippen molar-refractivity contribution in [1.29, 1.82) is 0 Å². The van der Waals surface area contributed by atoms with Gasteiger partial charge in [0.25, 0.3) is 0 Å². The fourth-order valence-corrected chi connectivity index (χ4v) is 4.44. The molecule has 0 aromatic carbocycles. The van der Waals surface area contributed by atoms with Crippen LogP contribution in [-0.4, -0.2) is 20.8 Å². The summed E-state index contributed by atoms with van der Waals surface area (Å²) in [6.07, 6.45) is 6.92. The third kappa shape index (κ3) is 1.22. The van der Waals surface area contributed by atoms with E-state index in [4.69, 9.17) is 0 Å². The summed E-state index contributed by atoms with van der Waals surface area (Å²) in [6.45, 7) is 0. The first-order chi connectivity index (χ1) is 8.36. The van der Waals surface area contributed by atoms with Crippen molar-refractivity contribution in [1.82, 2.24) is 9.55 Å². The molecular weight excluding hydrogens is 232 g/mol. The van der Waals surface area contributed by atoms with Crippen LogP contribution in [0.15, 0.2) is 24.0 Å².